The predicted octanol–water partition coefficient (Wildman–Crippen LogP) is 3.50. The van der Waals surface area contributed by atoms with Crippen LogP contribution in [-0.4, -0.2) is 25.1 Å². The Bertz CT molecular complexity index is 458. The smallest absolute Gasteiger partial charge is 0.129 e. The van der Waals surface area contributed by atoms with Gasteiger partial charge in [-0.25, -0.2) is 4.98 Å². The van der Waals surface area contributed by atoms with Crippen LogP contribution in [0.1, 0.15) is 45.9 Å². The van der Waals surface area contributed by atoms with Gasteiger partial charge in [-0.3, -0.25) is 0 Å². The Morgan fingerprint density at radius 3 is 2.45 bits per heavy atom. The fourth-order valence-electron chi connectivity index (χ4n) is 2.10. The molecule has 3 nitrogen and oxygen atoms in total. The topological polar surface area (TPSA) is 28.2 Å². The van der Waals surface area contributed by atoms with E-state index >= 15 is 0 Å². The van der Waals surface area contributed by atoms with E-state index in [1.165, 1.54) is 5.56 Å². The van der Waals surface area contributed by atoms with Crippen LogP contribution >= 0.6 is 0 Å². The van der Waals surface area contributed by atoms with Crippen molar-refractivity contribution in [2.45, 2.75) is 46.6 Å². The fourth-order valence-corrected chi connectivity index (χ4v) is 2.10. The average Bonchev–Trinajstić information content (AvgIpc) is 2.34. The summed E-state index contributed by atoms with van der Waals surface area (Å²) in [7, 11) is 1.97. The van der Waals surface area contributed by atoms with Crippen LogP contribution in [0, 0.1) is 0 Å². The van der Waals surface area contributed by atoms with Crippen LogP contribution in [0.3, 0.4) is 0 Å². The van der Waals surface area contributed by atoms with Crippen molar-refractivity contribution in [3.63, 3.8) is 0 Å². The second kappa shape index (κ2) is 6.89. The van der Waals surface area contributed by atoms with E-state index < -0.39 is 0 Å². The van der Waals surface area contributed by atoms with Crippen molar-refractivity contribution in [2.75, 3.05) is 25.0 Å². The predicted molar refractivity (Wildman–Crippen MR) is 88.4 cm³/mol. The van der Waals surface area contributed by atoms with E-state index in [0.29, 0.717) is 0 Å². The minimum atomic E-state index is 0.0567. The van der Waals surface area contributed by atoms with Crippen LogP contribution in [-0.2, 0) is 12.0 Å². The number of pyridine rings is 1. The van der Waals surface area contributed by atoms with Crippen LogP contribution in [0.2, 0.25) is 0 Å². The third-order valence-corrected chi connectivity index (χ3v) is 3.19. The standard InChI is InChI=1S/C17H29N3/c1-8-20(12-13(2)3)16-10-14(11-18-7)9-15(19-16)17(4,5)6/h9-10,18H,2,8,11-12H2,1,3-7H3. The van der Waals surface area contributed by atoms with Crippen molar-refractivity contribution in [1.29, 1.82) is 0 Å². The molecule has 1 N–H and O–H groups in total. The zero-order valence-electron chi connectivity index (χ0n) is 13.9. The molecule has 0 aliphatic carbocycles. The maximum atomic E-state index is 4.87. The second-order valence-electron chi connectivity index (χ2n) is 6.47. The first kappa shape index (κ1) is 16.7. The Balaban J connectivity index is 3.22. The van der Waals surface area contributed by atoms with Gasteiger partial charge < -0.3 is 10.2 Å². The fraction of sp³-hybridized carbons (Fsp3) is 0.588. The number of rotatable bonds is 6. The summed E-state index contributed by atoms with van der Waals surface area (Å²) in [5.74, 6) is 1.05. The first-order valence-electron chi connectivity index (χ1n) is 7.33. The van der Waals surface area contributed by atoms with E-state index in [2.05, 4.69) is 63.5 Å². The van der Waals surface area contributed by atoms with Gasteiger partial charge >= 0.3 is 0 Å². The van der Waals surface area contributed by atoms with Gasteiger partial charge in [0.05, 0.1) is 0 Å². The third-order valence-electron chi connectivity index (χ3n) is 3.19. The van der Waals surface area contributed by atoms with E-state index in [-0.39, 0.29) is 5.41 Å². The first-order valence-corrected chi connectivity index (χ1v) is 7.33. The van der Waals surface area contributed by atoms with Gasteiger partial charge in [0.25, 0.3) is 0 Å². The number of nitrogens with zero attached hydrogens (tertiary/aromatic N) is 2. The largest absolute Gasteiger partial charge is 0.353 e. The molecule has 0 aromatic carbocycles. The summed E-state index contributed by atoms with van der Waals surface area (Å²) >= 11 is 0. The minimum absolute atomic E-state index is 0.0567. The molecule has 0 saturated heterocycles. The number of hydrogen-bond donors (Lipinski definition) is 1. The maximum Gasteiger partial charge on any atom is 0.129 e. The normalized spacial score (nSPS) is 11.5. The Labute approximate surface area is 124 Å². The molecule has 1 heterocycles. The Morgan fingerprint density at radius 2 is 2.00 bits per heavy atom. The molecule has 0 fully saturated rings. The Hall–Kier alpha value is -1.35. The Morgan fingerprint density at radius 1 is 1.35 bits per heavy atom. The van der Waals surface area contributed by atoms with E-state index in [9.17, 15) is 0 Å². The van der Waals surface area contributed by atoms with Crippen molar-refractivity contribution in [1.82, 2.24) is 10.3 Å². The quantitative estimate of drug-likeness (QED) is 0.805. The summed E-state index contributed by atoms with van der Waals surface area (Å²) < 4.78 is 0. The lowest BCUT2D eigenvalue weighted by Gasteiger charge is -2.26. The molecule has 0 atom stereocenters. The molecular weight excluding hydrogens is 246 g/mol. The van der Waals surface area contributed by atoms with Crippen LogP contribution in [0.4, 0.5) is 5.82 Å². The molecule has 0 aliphatic rings. The molecule has 0 saturated carbocycles. The number of likely N-dealkylation sites (N-methyl/N-ethyl adjacent to an activating group) is 1. The highest BCUT2D eigenvalue weighted by molar-refractivity contribution is 5.45. The van der Waals surface area contributed by atoms with Gasteiger partial charge in [0.2, 0.25) is 0 Å². The van der Waals surface area contributed by atoms with Gasteiger partial charge in [0.1, 0.15) is 5.82 Å². The second-order valence-corrected chi connectivity index (χ2v) is 6.47. The molecule has 1 aromatic heterocycles. The lowest BCUT2D eigenvalue weighted by molar-refractivity contribution is 0.566. The summed E-state index contributed by atoms with van der Waals surface area (Å²) in [5, 5.41) is 3.22. The van der Waals surface area contributed by atoms with Crippen molar-refractivity contribution < 1.29 is 0 Å². The summed E-state index contributed by atoms with van der Waals surface area (Å²) in [6.45, 7) is 17.5. The molecule has 3 heteroatoms. The SMILES string of the molecule is C=C(C)CN(CC)c1cc(CNC)cc(C(C)(C)C)n1. The highest BCUT2D eigenvalue weighted by Gasteiger charge is 2.18. The minimum Gasteiger partial charge on any atom is -0.353 e. The van der Waals surface area contributed by atoms with Gasteiger partial charge in [-0.05, 0) is 38.6 Å². The molecular formula is C17H29N3. The lowest BCUT2D eigenvalue weighted by Crippen LogP contribution is -2.27. The molecule has 0 unspecified atom stereocenters. The molecule has 0 spiro atoms. The highest BCUT2D eigenvalue weighted by Crippen LogP contribution is 2.25. The summed E-state index contributed by atoms with van der Waals surface area (Å²) in [5.41, 5.74) is 3.63. The van der Waals surface area contributed by atoms with Crippen LogP contribution in [0.5, 0.6) is 0 Å². The van der Waals surface area contributed by atoms with E-state index in [1.54, 1.807) is 0 Å². The lowest BCUT2D eigenvalue weighted by atomic mass is 9.90. The number of nitrogens with one attached hydrogen (secondary N) is 1. The van der Waals surface area contributed by atoms with Crippen molar-refractivity contribution in [3.8, 4) is 0 Å². The van der Waals surface area contributed by atoms with Gasteiger partial charge in [-0.1, -0.05) is 32.9 Å². The van der Waals surface area contributed by atoms with Gasteiger partial charge in [-0.2, -0.15) is 0 Å². The molecule has 0 bridgehead atoms. The first-order chi connectivity index (χ1) is 9.27. The molecule has 112 valence electrons. The summed E-state index contributed by atoms with van der Waals surface area (Å²) in [6, 6.07) is 4.38. The molecule has 0 aliphatic heterocycles. The summed E-state index contributed by atoms with van der Waals surface area (Å²) in [6.07, 6.45) is 0. The monoisotopic (exact) mass is 275 g/mol. The molecule has 0 radical (unpaired) electrons. The van der Waals surface area contributed by atoms with Gasteiger partial charge in [-0.15, -0.1) is 0 Å². The molecule has 20 heavy (non-hydrogen) atoms. The van der Waals surface area contributed by atoms with Gasteiger partial charge in [0, 0.05) is 30.7 Å². The average molecular weight is 275 g/mol. The highest BCUT2D eigenvalue weighted by atomic mass is 15.2. The number of hydrogen-bond acceptors (Lipinski definition) is 3. The Kier molecular flexibility index (Phi) is 5.75. The number of anilines is 1. The maximum absolute atomic E-state index is 4.87. The zero-order valence-corrected chi connectivity index (χ0v) is 13.9. The van der Waals surface area contributed by atoms with E-state index in [0.717, 1.165) is 36.7 Å². The molecule has 1 aromatic rings. The van der Waals surface area contributed by atoms with E-state index in [1.807, 2.05) is 7.05 Å². The van der Waals surface area contributed by atoms with Crippen molar-refractivity contribution in [2.24, 2.45) is 0 Å². The van der Waals surface area contributed by atoms with Crippen LogP contribution in [0.25, 0.3) is 0 Å². The third kappa shape index (κ3) is 4.64. The van der Waals surface area contributed by atoms with Crippen LogP contribution < -0.4 is 10.2 Å². The summed E-state index contributed by atoms with van der Waals surface area (Å²) in [4.78, 5) is 7.14. The molecule has 0 amide bonds. The van der Waals surface area contributed by atoms with Gasteiger partial charge in [0.15, 0.2) is 0 Å². The van der Waals surface area contributed by atoms with Crippen molar-refractivity contribution in [3.05, 3.63) is 35.5 Å². The van der Waals surface area contributed by atoms with Crippen LogP contribution in [0.15, 0.2) is 24.3 Å². The zero-order chi connectivity index (χ0) is 15.3. The van der Waals surface area contributed by atoms with Crippen molar-refractivity contribution >= 4 is 5.82 Å². The molecule has 1 rings (SSSR count). The number of aromatic nitrogens is 1. The van der Waals surface area contributed by atoms with E-state index in [4.69, 9.17) is 4.98 Å².